The summed E-state index contributed by atoms with van der Waals surface area (Å²) in [7, 11) is 0. The molecular formula is C14H10BrClFNO2. The first-order chi connectivity index (χ1) is 9.50. The summed E-state index contributed by atoms with van der Waals surface area (Å²) in [6, 6.07) is 2.30. The van der Waals surface area contributed by atoms with Gasteiger partial charge in [0.05, 0.1) is 22.5 Å². The number of benzene rings is 1. The molecule has 1 fully saturated rings. The molecule has 0 N–H and O–H groups in total. The number of carbonyl (C=O) groups excluding carboxylic acids is 2. The van der Waals surface area contributed by atoms with Crippen LogP contribution in [0.5, 0.6) is 0 Å². The van der Waals surface area contributed by atoms with Crippen LogP contribution in [0.3, 0.4) is 0 Å². The van der Waals surface area contributed by atoms with Gasteiger partial charge in [-0.2, -0.15) is 0 Å². The van der Waals surface area contributed by atoms with E-state index in [9.17, 15) is 14.0 Å². The second-order valence-corrected chi connectivity index (χ2v) is 6.15. The minimum absolute atomic E-state index is 0.0465. The number of imide groups is 1. The minimum Gasteiger partial charge on any atom is -0.274 e. The van der Waals surface area contributed by atoms with Gasteiger partial charge in [0.15, 0.2) is 0 Å². The Morgan fingerprint density at radius 3 is 2.20 bits per heavy atom. The molecule has 2 unspecified atom stereocenters. The highest BCUT2D eigenvalue weighted by Crippen LogP contribution is 2.43. The molecule has 20 heavy (non-hydrogen) atoms. The van der Waals surface area contributed by atoms with E-state index >= 15 is 0 Å². The lowest BCUT2D eigenvalue weighted by Crippen LogP contribution is -2.31. The number of halogens is 3. The van der Waals surface area contributed by atoms with Crippen molar-refractivity contribution in [3.05, 3.63) is 39.6 Å². The highest BCUT2D eigenvalue weighted by molar-refractivity contribution is 9.10. The van der Waals surface area contributed by atoms with E-state index in [1.54, 1.807) is 0 Å². The fraction of sp³-hybridized carbons (Fsp3) is 0.286. The van der Waals surface area contributed by atoms with E-state index in [1.807, 2.05) is 12.2 Å². The van der Waals surface area contributed by atoms with Crippen molar-refractivity contribution in [3.8, 4) is 0 Å². The Balaban J connectivity index is 2.08. The van der Waals surface area contributed by atoms with Crippen LogP contribution in [0.4, 0.5) is 10.1 Å². The van der Waals surface area contributed by atoms with Crippen molar-refractivity contribution in [2.24, 2.45) is 11.8 Å². The number of allylic oxidation sites excluding steroid dienone is 2. The first kappa shape index (κ1) is 13.8. The molecule has 2 aliphatic rings. The number of amides is 2. The van der Waals surface area contributed by atoms with Gasteiger partial charge in [-0.3, -0.25) is 9.59 Å². The molecule has 2 atom stereocenters. The molecule has 1 aliphatic heterocycles. The Kier molecular flexibility index (Phi) is 3.42. The van der Waals surface area contributed by atoms with E-state index in [0.29, 0.717) is 17.3 Å². The summed E-state index contributed by atoms with van der Waals surface area (Å²) in [4.78, 5) is 26.0. The van der Waals surface area contributed by atoms with Crippen molar-refractivity contribution in [2.75, 3.05) is 4.90 Å². The van der Waals surface area contributed by atoms with Crippen LogP contribution >= 0.6 is 27.5 Å². The van der Waals surface area contributed by atoms with E-state index in [0.717, 1.165) is 11.0 Å². The fourth-order valence-electron chi connectivity index (χ4n) is 2.77. The molecule has 3 nitrogen and oxygen atoms in total. The van der Waals surface area contributed by atoms with E-state index in [4.69, 9.17) is 11.6 Å². The predicted molar refractivity (Wildman–Crippen MR) is 77.0 cm³/mol. The van der Waals surface area contributed by atoms with Crippen LogP contribution in [0.25, 0.3) is 0 Å². The van der Waals surface area contributed by atoms with Gasteiger partial charge in [-0.1, -0.05) is 23.8 Å². The summed E-state index contributed by atoms with van der Waals surface area (Å²) >= 11 is 9.19. The zero-order valence-electron chi connectivity index (χ0n) is 10.3. The molecule has 1 heterocycles. The smallest absolute Gasteiger partial charge is 0.238 e. The van der Waals surface area contributed by atoms with E-state index in [2.05, 4.69) is 15.9 Å². The summed E-state index contributed by atoms with van der Waals surface area (Å²) in [6.07, 6.45) is 4.94. The Morgan fingerprint density at radius 2 is 1.70 bits per heavy atom. The largest absolute Gasteiger partial charge is 0.274 e. The third-order valence-electron chi connectivity index (χ3n) is 3.71. The molecule has 1 aromatic rings. The number of rotatable bonds is 1. The van der Waals surface area contributed by atoms with Crippen LogP contribution in [0, 0.1) is 17.7 Å². The van der Waals surface area contributed by atoms with E-state index < -0.39 is 5.82 Å². The van der Waals surface area contributed by atoms with Crippen LogP contribution in [-0.2, 0) is 9.59 Å². The van der Waals surface area contributed by atoms with Crippen LogP contribution in [0.2, 0.25) is 5.02 Å². The second kappa shape index (κ2) is 4.97. The number of anilines is 1. The van der Waals surface area contributed by atoms with Crippen molar-refractivity contribution in [3.63, 3.8) is 0 Å². The summed E-state index contributed by atoms with van der Waals surface area (Å²) in [5.74, 6) is -1.72. The van der Waals surface area contributed by atoms with Gasteiger partial charge >= 0.3 is 0 Å². The topological polar surface area (TPSA) is 37.4 Å². The number of hydrogen-bond acceptors (Lipinski definition) is 2. The van der Waals surface area contributed by atoms with Gasteiger partial charge in [0.25, 0.3) is 0 Å². The highest BCUT2D eigenvalue weighted by atomic mass is 79.9. The Bertz CT molecular complexity index is 597. The molecule has 2 amide bonds. The van der Waals surface area contributed by atoms with Crippen LogP contribution < -0.4 is 4.90 Å². The molecule has 1 aromatic carbocycles. The maximum absolute atomic E-state index is 13.3. The zero-order chi connectivity index (χ0) is 14.4. The maximum atomic E-state index is 13.3. The molecule has 104 valence electrons. The molecule has 6 heteroatoms. The van der Waals surface area contributed by atoms with Crippen molar-refractivity contribution < 1.29 is 14.0 Å². The van der Waals surface area contributed by atoms with E-state index in [-0.39, 0.29) is 34.4 Å². The monoisotopic (exact) mass is 357 g/mol. The molecule has 0 bridgehead atoms. The Labute approximate surface area is 128 Å². The van der Waals surface area contributed by atoms with Gasteiger partial charge in [0, 0.05) is 4.47 Å². The normalized spacial score (nSPS) is 25.2. The average molecular weight is 359 g/mol. The number of nitrogens with zero attached hydrogens (tertiary/aromatic N) is 1. The lowest BCUT2D eigenvalue weighted by molar-refractivity contribution is -0.122. The average Bonchev–Trinajstić information content (AvgIpc) is 2.64. The van der Waals surface area contributed by atoms with E-state index in [1.165, 1.54) is 6.07 Å². The first-order valence-corrected chi connectivity index (χ1v) is 7.35. The molecule has 1 saturated heterocycles. The van der Waals surface area contributed by atoms with Gasteiger partial charge < -0.3 is 0 Å². The third kappa shape index (κ3) is 2.00. The van der Waals surface area contributed by atoms with Gasteiger partial charge in [-0.25, -0.2) is 9.29 Å². The number of fused-ring (bicyclic) bond motifs is 1. The molecule has 0 radical (unpaired) electrons. The predicted octanol–water partition coefficient (Wildman–Crippen LogP) is 3.70. The first-order valence-electron chi connectivity index (χ1n) is 6.18. The molecular weight excluding hydrogens is 349 g/mol. The standard InChI is InChI=1S/C14H10BrClFNO2/c15-10-5-7(17)6-11(16)12(10)18-13(19)8-3-1-2-4-9(8)14(18)20/h1-2,5-6,8-9H,3-4H2. The Morgan fingerprint density at radius 1 is 1.15 bits per heavy atom. The third-order valence-corrected chi connectivity index (χ3v) is 4.61. The molecule has 0 aromatic heterocycles. The maximum Gasteiger partial charge on any atom is 0.238 e. The van der Waals surface area contributed by atoms with Gasteiger partial charge in [0.2, 0.25) is 11.8 Å². The summed E-state index contributed by atoms with van der Waals surface area (Å²) in [5, 5.41) is 0.0465. The number of carbonyl (C=O) groups is 2. The molecule has 1 aliphatic carbocycles. The Hall–Kier alpha value is -1.20. The number of hydrogen-bond donors (Lipinski definition) is 0. The minimum atomic E-state index is -0.524. The summed E-state index contributed by atoms with van der Waals surface area (Å²) in [6.45, 7) is 0. The van der Waals surface area contributed by atoms with Crippen LogP contribution in [-0.4, -0.2) is 11.8 Å². The van der Waals surface area contributed by atoms with Crippen molar-refractivity contribution >= 4 is 45.0 Å². The fourth-order valence-corrected chi connectivity index (χ4v) is 3.78. The summed E-state index contributed by atoms with van der Waals surface area (Å²) < 4.78 is 13.6. The van der Waals surface area contributed by atoms with Crippen molar-refractivity contribution in [1.29, 1.82) is 0 Å². The lowest BCUT2D eigenvalue weighted by atomic mass is 9.85. The SMILES string of the molecule is O=C1C2CC=CCC2C(=O)N1c1c(Cl)cc(F)cc1Br. The van der Waals surface area contributed by atoms with Crippen LogP contribution in [0.1, 0.15) is 12.8 Å². The van der Waals surface area contributed by atoms with Gasteiger partial charge in [-0.15, -0.1) is 0 Å². The summed E-state index contributed by atoms with van der Waals surface area (Å²) in [5.41, 5.74) is 0.234. The van der Waals surface area contributed by atoms with Crippen molar-refractivity contribution in [2.45, 2.75) is 12.8 Å². The second-order valence-electron chi connectivity index (χ2n) is 4.89. The lowest BCUT2D eigenvalue weighted by Gasteiger charge is -2.18. The molecule has 0 saturated carbocycles. The highest BCUT2D eigenvalue weighted by Gasteiger charge is 2.48. The van der Waals surface area contributed by atoms with Gasteiger partial charge in [-0.05, 0) is 40.9 Å². The molecule has 0 spiro atoms. The zero-order valence-corrected chi connectivity index (χ0v) is 12.6. The quantitative estimate of drug-likeness (QED) is 0.567. The van der Waals surface area contributed by atoms with Crippen molar-refractivity contribution in [1.82, 2.24) is 0 Å². The van der Waals surface area contributed by atoms with Crippen LogP contribution in [0.15, 0.2) is 28.8 Å². The van der Waals surface area contributed by atoms with Gasteiger partial charge in [0.1, 0.15) is 5.82 Å². The molecule has 3 rings (SSSR count).